The van der Waals surface area contributed by atoms with Crippen LogP contribution in [0.15, 0.2) is 0 Å². The van der Waals surface area contributed by atoms with Crippen molar-refractivity contribution >= 4 is 0 Å². The third-order valence-electron chi connectivity index (χ3n) is 5.06. The summed E-state index contributed by atoms with van der Waals surface area (Å²) in [4.78, 5) is 2.87. The first kappa shape index (κ1) is 11.0. The molecular formula is C14H26N2. The highest BCUT2D eigenvalue weighted by Crippen LogP contribution is 2.40. The van der Waals surface area contributed by atoms with Crippen LogP contribution in [0.1, 0.15) is 51.9 Å². The summed E-state index contributed by atoms with van der Waals surface area (Å²) in [7, 11) is 0. The van der Waals surface area contributed by atoms with E-state index >= 15 is 0 Å². The molecule has 2 saturated carbocycles. The highest BCUT2D eigenvalue weighted by Gasteiger charge is 2.41. The quantitative estimate of drug-likeness (QED) is 0.789. The largest absolute Gasteiger partial charge is 0.314 e. The molecule has 3 fully saturated rings. The zero-order chi connectivity index (χ0) is 11.0. The van der Waals surface area contributed by atoms with Crippen molar-refractivity contribution in [1.82, 2.24) is 10.2 Å². The van der Waals surface area contributed by atoms with Crippen LogP contribution in [-0.2, 0) is 0 Å². The normalized spacial score (nSPS) is 44.1. The van der Waals surface area contributed by atoms with E-state index in [0.717, 1.165) is 30.6 Å². The minimum absolute atomic E-state index is 0.808. The molecule has 0 radical (unpaired) electrons. The van der Waals surface area contributed by atoms with Crippen molar-refractivity contribution in [3.05, 3.63) is 0 Å². The fourth-order valence-electron chi connectivity index (χ4n) is 4.35. The van der Waals surface area contributed by atoms with Gasteiger partial charge in [-0.05, 0) is 51.0 Å². The Balaban J connectivity index is 1.58. The molecule has 0 spiro atoms. The molecule has 16 heavy (non-hydrogen) atoms. The van der Waals surface area contributed by atoms with Gasteiger partial charge in [0.1, 0.15) is 0 Å². The number of hydrogen-bond donors (Lipinski definition) is 1. The van der Waals surface area contributed by atoms with Gasteiger partial charge < -0.3 is 5.32 Å². The van der Waals surface area contributed by atoms with E-state index in [9.17, 15) is 0 Å². The third kappa shape index (κ3) is 2.02. The lowest BCUT2D eigenvalue weighted by molar-refractivity contribution is 0.106. The zero-order valence-electron chi connectivity index (χ0n) is 10.6. The molecule has 2 bridgehead atoms. The van der Waals surface area contributed by atoms with E-state index in [4.69, 9.17) is 0 Å². The fraction of sp³-hybridized carbons (Fsp3) is 1.00. The van der Waals surface area contributed by atoms with E-state index in [1.807, 2.05) is 0 Å². The predicted molar refractivity (Wildman–Crippen MR) is 67.6 cm³/mol. The number of likely N-dealkylation sites (tertiary alicyclic amines) is 1. The Labute approximate surface area is 99.8 Å². The average Bonchev–Trinajstić information content (AvgIpc) is 2.91. The second-order valence-corrected chi connectivity index (χ2v) is 6.10. The standard InChI is InChI=1S/C14H26N2/c1-2-15-12-4-3-5-13(9-12)16-10-11-6-7-14(16)8-11/h11-15H,2-10H2,1H3. The van der Waals surface area contributed by atoms with Crippen LogP contribution >= 0.6 is 0 Å². The summed E-state index contributed by atoms with van der Waals surface area (Å²) >= 11 is 0. The molecule has 4 unspecified atom stereocenters. The minimum atomic E-state index is 0.808. The summed E-state index contributed by atoms with van der Waals surface area (Å²) in [6.07, 6.45) is 10.3. The first-order valence-electron chi connectivity index (χ1n) is 7.36. The molecule has 1 N–H and O–H groups in total. The Morgan fingerprint density at radius 3 is 2.62 bits per heavy atom. The lowest BCUT2D eigenvalue weighted by Gasteiger charge is -2.40. The Morgan fingerprint density at radius 1 is 1.06 bits per heavy atom. The molecule has 1 heterocycles. The number of nitrogens with one attached hydrogen (secondary N) is 1. The monoisotopic (exact) mass is 222 g/mol. The molecule has 3 rings (SSSR count). The van der Waals surface area contributed by atoms with Gasteiger partial charge in [-0.2, -0.15) is 0 Å². The lowest BCUT2D eigenvalue weighted by atomic mass is 9.89. The van der Waals surface area contributed by atoms with Crippen LogP contribution in [0.25, 0.3) is 0 Å². The number of fused-ring (bicyclic) bond motifs is 2. The van der Waals surface area contributed by atoms with Crippen LogP contribution in [-0.4, -0.2) is 36.1 Å². The third-order valence-corrected chi connectivity index (χ3v) is 5.06. The Morgan fingerprint density at radius 2 is 1.94 bits per heavy atom. The average molecular weight is 222 g/mol. The van der Waals surface area contributed by atoms with Crippen LogP contribution in [0.3, 0.4) is 0 Å². The van der Waals surface area contributed by atoms with Crippen LogP contribution in [0.5, 0.6) is 0 Å². The number of hydrogen-bond acceptors (Lipinski definition) is 2. The topological polar surface area (TPSA) is 15.3 Å². The van der Waals surface area contributed by atoms with E-state index in [-0.39, 0.29) is 0 Å². The van der Waals surface area contributed by atoms with Gasteiger partial charge in [0.15, 0.2) is 0 Å². The predicted octanol–water partition coefficient (Wildman–Crippen LogP) is 2.39. The molecule has 2 nitrogen and oxygen atoms in total. The van der Waals surface area contributed by atoms with Gasteiger partial charge in [0.05, 0.1) is 0 Å². The molecule has 0 aromatic heterocycles. The van der Waals surface area contributed by atoms with Crippen molar-refractivity contribution in [3.8, 4) is 0 Å². The summed E-state index contributed by atoms with van der Waals surface area (Å²) in [5.74, 6) is 1.06. The van der Waals surface area contributed by atoms with Gasteiger partial charge in [-0.25, -0.2) is 0 Å². The Kier molecular flexibility index (Phi) is 3.21. The van der Waals surface area contributed by atoms with Crippen molar-refractivity contribution in [2.45, 2.75) is 70.0 Å². The maximum Gasteiger partial charge on any atom is 0.0113 e. The summed E-state index contributed by atoms with van der Waals surface area (Å²) in [5, 5.41) is 3.66. The van der Waals surface area contributed by atoms with Crippen molar-refractivity contribution in [2.24, 2.45) is 5.92 Å². The molecular weight excluding hydrogens is 196 g/mol. The highest BCUT2D eigenvalue weighted by atomic mass is 15.2. The van der Waals surface area contributed by atoms with Crippen LogP contribution in [0.2, 0.25) is 0 Å². The van der Waals surface area contributed by atoms with Gasteiger partial charge >= 0.3 is 0 Å². The molecule has 2 heteroatoms. The second kappa shape index (κ2) is 4.66. The van der Waals surface area contributed by atoms with Gasteiger partial charge in [0.25, 0.3) is 0 Å². The van der Waals surface area contributed by atoms with Crippen molar-refractivity contribution in [3.63, 3.8) is 0 Å². The van der Waals surface area contributed by atoms with Crippen molar-refractivity contribution in [1.29, 1.82) is 0 Å². The Bertz CT molecular complexity index is 239. The minimum Gasteiger partial charge on any atom is -0.314 e. The summed E-state index contributed by atoms with van der Waals surface area (Å²) < 4.78 is 0. The lowest BCUT2D eigenvalue weighted by Crippen LogP contribution is -2.47. The van der Waals surface area contributed by atoms with Crippen LogP contribution in [0.4, 0.5) is 0 Å². The SMILES string of the molecule is CCNC1CCCC(N2CC3CCC2C3)C1. The van der Waals surface area contributed by atoms with E-state index < -0.39 is 0 Å². The Hall–Kier alpha value is -0.0800. The van der Waals surface area contributed by atoms with Crippen molar-refractivity contribution < 1.29 is 0 Å². The molecule has 3 aliphatic rings. The van der Waals surface area contributed by atoms with Gasteiger partial charge in [-0.3, -0.25) is 4.90 Å². The molecule has 0 aromatic carbocycles. The fourth-order valence-corrected chi connectivity index (χ4v) is 4.35. The summed E-state index contributed by atoms with van der Waals surface area (Å²) in [5.41, 5.74) is 0. The van der Waals surface area contributed by atoms with E-state index in [1.165, 1.54) is 51.5 Å². The van der Waals surface area contributed by atoms with Gasteiger partial charge in [-0.1, -0.05) is 13.3 Å². The van der Waals surface area contributed by atoms with E-state index in [2.05, 4.69) is 17.1 Å². The van der Waals surface area contributed by atoms with Crippen molar-refractivity contribution in [2.75, 3.05) is 13.1 Å². The number of rotatable bonds is 3. The maximum atomic E-state index is 3.66. The molecule has 1 saturated heterocycles. The molecule has 2 aliphatic carbocycles. The van der Waals surface area contributed by atoms with Gasteiger partial charge in [0, 0.05) is 24.7 Å². The number of nitrogens with zero attached hydrogens (tertiary/aromatic N) is 1. The molecule has 1 aliphatic heterocycles. The highest BCUT2D eigenvalue weighted by molar-refractivity contribution is 4.97. The van der Waals surface area contributed by atoms with E-state index in [0.29, 0.717) is 0 Å². The van der Waals surface area contributed by atoms with Gasteiger partial charge in [-0.15, -0.1) is 0 Å². The summed E-state index contributed by atoms with van der Waals surface area (Å²) in [6, 6.07) is 2.69. The second-order valence-electron chi connectivity index (χ2n) is 6.10. The zero-order valence-corrected chi connectivity index (χ0v) is 10.6. The maximum absolute atomic E-state index is 3.66. The molecule has 92 valence electrons. The molecule has 0 amide bonds. The molecule has 0 aromatic rings. The van der Waals surface area contributed by atoms with Crippen LogP contribution < -0.4 is 5.32 Å². The first-order valence-corrected chi connectivity index (χ1v) is 7.36. The van der Waals surface area contributed by atoms with Gasteiger partial charge in [0.2, 0.25) is 0 Å². The smallest absolute Gasteiger partial charge is 0.0113 e. The summed E-state index contributed by atoms with van der Waals surface area (Å²) in [6.45, 7) is 4.80. The first-order chi connectivity index (χ1) is 7.86. The number of piperidine rings is 1. The molecule has 4 atom stereocenters. The van der Waals surface area contributed by atoms with E-state index in [1.54, 1.807) is 0 Å². The van der Waals surface area contributed by atoms with Crippen LogP contribution in [0, 0.1) is 5.92 Å².